The van der Waals surface area contributed by atoms with E-state index in [0.29, 0.717) is 6.04 Å². The first-order valence-electron chi connectivity index (χ1n) is 8.07. The van der Waals surface area contributed by atoms with Gasteiger partial charge in [0.15, 0.2) is 0 Å². The minimum atomic E-state index is 0.551. The maximum Gasteiger partial charge on any atom is 0.0354 e. The van der Waals surface area contributed by atoms with Crippen molar-refractivity contribution in [2.75, 3.05) is 7.05 Å². The Kier molecular flexibility index (Phi) is 3.44. The van der Waals surface area contributed by atoms with E-state index < -0.39 is 0 Å². The summed E-state index contributed by atoms with van der Waals surface area (Å²) < 4.78 is 0. The van der Waals surface area contributed by atoms with Gasteiger partial charge in [-0.15, -0.1) is 0 Å². The topological polar surface area (TPSA) is 3.24 Å². The lowest BCUT2D eigenvalue weighted by Crippen LogP contribution is -2.22. The van der Waals surface area contributed by atoms with Gasteiger partial charge in [-0.3, -0.25) is 4.90 Å². The summed E-state index contributed by atoms with van der Waals surface area (Å²) in [5.74, 6) is 0. The first kappa shape index (κ1) is 13.5. The Morgan fingerprint density at radius 1 is 0.909 bits per heavy atom. The summed E-state index contributed by atoms with van der Waals surface area (Å²) in [7, 11) is 2.26. The third-order valence-corrected chi connectivity index (χ3v) is 4.93. The fourth-order valence-electron chi connectivity index (χ4n) is 3.80. The predicted molar refractivity (Wildman–Crippen MR) is 92.9 cm³/mol. The van der Waals surface area contributed by atoms with E-state index in [0.717, 1.165) is 6.54 Å². The summed E-state index contributed by atoms with van der Waals surface area (Å²) in [5, 5.41) is 2.71. The van der Waals surface area contributed by atoms with Crippen LogP contribution in [0.15, 0.2) is 66.7 Å². The van der Waals surface area contributed by atoms with Crippen molar-refractivity contribution in [3.05, 3.63) is 83.4 Å². The van der Waals surface area contributed by atoms with Gasteiger partial charge in [0.2, 0.25) is 0 Å². The molecule has 0 aromatic heterocycles. The van der Waals surface area contributed by atoms with E-state index in [1.807, 2.05) is 0 Å². The molecule has 0 saturated carbocycles. The molecule has 0 amide bonds. The molecule has 0 fully saturated rings. The van der Waals surface area contributed by atoms with Crippen LogP contribution in [0.4, 0.5) is 0 Å². The molecule has 1 heteroatoms. The van der Waals surface area contributed by atoms with Gasteiger partial charge in [-0.05, 0) is 47.4 Å². The van der Waals surface area contributed by atoms with Gasteiger partial charge in [-0.1, -0.05) is 66.7 Å². The smallest absolute Gasteiger partial charge is 0.0354 e. The molecule has 4 rings (SSSR count). The molecule has 1 aliphatic rings. The minimum Gasteiger partial charge on any atom is -0.295 e. The maximum absolute atomic E-state index is 2.51. The van der Waals surface area contributed by atoms with Crippen LogP contribution in [0, 0.1) is 0 Å². The quantitative estimate of drug-likeness (QED) is 0.658. The van der Waals surface area contributed by atoms with Crippen molar-refractivity contribution in [2.24, 2.45) is 0 Å². The largest absolute Gasteiger partial charge is 0.295 e. The standard InChI is InChI=1S/C21H21N/c1-22(21-14-13-17-8-3-5-12-20(17)21)15-18-10-6-9-16-7-2-4-11-19(16)18/h2-12,21H,13-15H2,1H3. The van der Waals surface area contributed by atoms with Crippen LogP contribution in [0.5, 0.6) is 0 Å². The lowest BCUT2D eigenvalue weighted by Gasteiger charge is -2.26. The Morgan fingerprint density at radius 3 is 2.64 bits per heavy atom. The van der Waals surface area contributed by atoms with Gasteiger partial charge in [0, 0.05) is 12.6 Å². The van der Waals surface area contributed by atoms with E-state index in [2.05, 4.69) is 78.7 Å². The fourth-order valence-corrected chi connectivity index (χ4v) is 3.80. The molecule has 0 N–H and O–H groups in total. The fraction of sp³-hybridized carbons (Fsp3) is 0.238. The van der Waals surface area contributed by atoms with E-state index in [1.54, 1.807) is 0 Å². The summed E-state index contributed by atoms with van der Waals surface area (Å²) in [6, 6.07) is 24.8. The molecule has 1 atom stereocenters. The van der Waals surface area contributed by atoms with Crippen LogP contribution in [0.1, 0.15) is 29.2 Å². The lowest BCUT2D eigenvalue weighted by atomic mass is 10.0. The summed E-state index contributed by atoms with van der Waals surface area (Å²) in [6.07, 6.45) is 2.45. The number of fused-ring (bicyclic) bond motifs is 2. The van der Waals surface area contributed by atoms with Crippen molar-refractivity contribution < 1.29 is 0 Å². The van der Waals surface area contributed by atoms with E-state index >= 15 is 0 Å². The zero-order valence-electron chi connectivity index (χ0n) is 13.0. The molecular formula is C21H21N. The molecule has 3 aromatic carbocycles. The second kappa shape index (κ2) is 5.58. The van der Waals surface area contributed by atoms with E-state index in [-0.39, 0.29) is 0 Å². The van der Waals surface area contributed by atoms with Crippen molar-refractivity contribution in [1.29, 1.82) is 0 Å². The van der Waals surface area contributed by atoms with Crippen LogP contribution in [0.25, 0.3) is 10.8 Å². The first-order valence-corrected chi connectivity index (χ1v) is 8.07. The number of hydrogen-bond acceptors (Lipinski definition) is 1. The van der Waals surface area contributed by atoms with E-state index in [4.69, 9.17) is 0 Å². The van der Waals surface area contributed by atoms with E-state index in [1.165, 1.54) is 40.3 Å². The van der Waals surface area contributed by atoms with Crippen LogP contribution < -0.4 is 0 Å². The summed E-state index contributed by atoms with van der Waals surface area (Å²) in [5.41, 5.74) is 4.47. The van der Waals surface area contributed by atoms with Crippen LogP contribution in [0.2, 0.25) is 0 Å². The predicted octanol–water partition coefficient (Wildman–Crippen LogP) is 4.96. The summed E-state index contributed by atoms with van der Waals surface area (Å²) >= 11 is 0. The minimum absolute atomic E-state index is 0.551. The molecule has 1 nitrogen and oxygen atoms in total. The molecule has 3 aromatic rings. The highest BCUT2D eigenvalue weighted by Crippen LogP contribution is 2.35. The molecule has 0 spiro atoms. The summed E-state index contributed by atoms with van der Waals surface area (Å²) in [4.78, 5) is 2.51. The first-order chi connectivity index (χ1) is 10.8. The Hall–Kier alpha value is -2.12. The van der Waals surface area contributed by atoms with Gasteiger partial charge in [0.1, 0.15) is 0 Å². The molecule has 1 unspecified atom stereocenters. The number of hydrogen-bond donors (Lipinski definition) is 0. The van der Waals surface area contributed by atoms with Crippen molar-refractivity contribution in [3.63, 3.8) is 0 Å². The van der Waals surface area contributed by atoms with Crippen molar-refractivity contribution in [1.82, 2.24) is 4.90 Å². The monoisotopic (exact) mass is 287 g/mol. The van der Waals surface area contributed by atoms with Crippen molar-refractivity contribution >= 4 is 10.8 Å². The average molecular weight is 287 g/mol. The number of rotatable bonds is 3. The second-order valence-corrected chi connectivity index (χ2v) is 6.31. The Labute approximate surface area is 132 Å². The molecule has 0 bridgehead atoms. The average Bonchev–Trinajstić information content (AvgIpc) is 2.99. The van der Waals surface area contributed by atoms with Crippen LogP contribution in [0.3, 0.4) is 0 Å². The van der Waals surface area contributed by atoms with Gasteiger partial charge in [-0.2, -0.15) is 0 Å². The van der Waals surface area contributed by atoms with Gasteiger partial charge < -0.3 is 0 Å². The number of nitrogens with zero attached hydrogens (tertiary/aromatic N) is 1. The van der Waals surface area contributed by atoms with E-state index in [9.17, 15) is 0 Å². The van der Waals surface area contributed by atoms with Crippen molar-refractivity contribution in [2.45, 2.75) is 25.4 Å². The molecule has 110 valence electrons. The number of benzene rings is 3. The SMILES string of the molecule is CN(Cc1cccc2ccccc12)C1CCc2ccccc21. The normalized spacial score (nSPS) is 17.1. The van der Waals surface area contributed by atoms with Crippen molar-refractivity contribution in [3.8, 4) is 0 Å². The molecule has 22 heavy (non-hydrogen) atoms. The molecule has 1 aliphatic carbocycles. The Morgan fingerprint density at radius 2 is 1.68 bits per heavy atom. The van der Waals surface area contributed by atoms with Gasteiger partial charge in [0.25, 0.3) is 0 Å². The molecule has 0 radical (unpaired) electrons. The molecule has 0 aliphatic heterocycles. The molecular weight excluding hydrogens is 266 g/mol. The maximum atomic E-state index is 2.51. The summed E-state index contributed by atoms with van der Waals surface area (Å²) in [6.45, 7) is 1.00. The highest BCUT2D eigenvalue weighted by Gasteiger charge is 2.25. The number of aryl methyl sites for hydroxylation is 1. The zero-order chi connectivity index (χ0) is 14.9. The zero-order valence-corrected chi connectivity index (χ0v) is 13.0. The van der Waals surface area contributed by atoms with Crippen LogP contribution in [-0.4, -0.2) is 11.9 Å². The Bertz CT molecular complexity index is 800. The third kappa shape index (κ3) is 2.32. The Balaban J connectivity index is 1.63. The highest BCUT2D eigenvalue weighted by molar-refractivity contribution is 5.85. The molecule has 0 saturated heterocycles. The lowest BCUT2D eigenvalue weighted by molar-refractivity contribution is 0.237. The third-order valence-electron chi connectivity index (χ3n) is 4.93. The van der Waals surface area contributed by atoms with Gasteiger partial charge in [-0.25, -0.2) is 0 Å². The van der Waals surface area contributed by atoms with Crippen LogP contribution in [-0.2, 0) is 13.0 Å². The second-order valence-electron chi connectivity index (χ2n) is 6.31. The highest BCUT2D eigenvalue weighted by atomic mass is 15.1. The van der Waals surface area contributed by atoms with Gasteiger partial charge in [0.05, 0.1) is 0 Å². The van der Waals surface area contributed by atoms with Gasteiger partial charge >= 0.3 is 0 Å². The van der Waals surface area contributed by atoms with Crippen LogP contribution >= 0.6 is 0 Å². The molecule has 0 heterocycles.